The highest BCUT2D eigenvalue weighted by atomic mass is 28.4. The number of aryl methyl sites for hydroxylation is 1. The predicted octanol–water partition coefficient (Wildman–Crippen LogP) is 3.39. The number of aromatic nitrogens is 2. The maximum absolute atomic E-state index is 11.8. The van der Waals surface area contributed by atoms with Crippen LogP contribution in [-0.2, 0) is 15.7 Å². The number of carbonyl (C=O) groups is 1. The minimum atomic E-state index is -1.83. The minimum Gasteiger partial charge on any atom is -0.464 e. The molecule has 1 aromatic rings. The first-order chi connectivity index (χ1) is 9.48. The molecule has 120 valence electrons. The SMILES string of the molecule is COC(=O)c1cc(C)nn1C[C@H](C)O[Si](C)(C)C(C)(C)C. The summed E-state index contributed by atoms with van der Waals surface area (Å²) in [5.74, 6) is -0.366. The van der Waals surface area contributed by atoms with E-state index >= 15 is 0 Å². The molecule has 6 heteroatoms. The number of hydrogen-bond donors (Lipinski definition) is 0. The third-order valence-corrected chi connectivity index (χ3v) is 8.63. The molecule has 21 heavy (non-hydrogen) atoms. The zero-order chi connectivity index (χ0) is 16.4. The number of rotatable bonds is 5. The van der Waals surface area contributed by atoms with Gasteiger partial charge in [0.1, 0.15) is 5.69 Å². The molecule has 1 heterocycles. The van der Waals surface area contributed by atoms with Crippen LogP contribution in [-0.4, -0.2) is 37.3 Å². The van der Waals surface area contributed by atoms with Crippen molar-refractivity contribution in [3.05, 3.63) is 17.5 Å². The van der Waals surface area contributed by atoms with Crippen LogP contribution in [0, 0.1) is 6.92 Å². The molecule has 0 spiro atoms. The molecule has 0 saturated heterocycles. The van der Waals surface area contributed by atoms with E-state index in [4.69, 9.17) is 9.16 Å². The molecule has 1 atom stereocenters. The monoisotopic (exact) mass is 312 g/mol. The van der Waals surface area contributed by atoms with E-state index in [0.717, 1.165) is 5.69 Å². The van der Waals surface area contributed by atoms with Gasteiger partial charge in [0.2, 0.25) is 0 Å². The fourth-order valence-electron chi connectivity index (χ4n) is 1.91. The van der Waals surface area contributed by atoms with Crippen LogP contribution in [0.25, 0.3) is 0 Å². The lowest BCUT2D eigenvalue weighted by atomic mass is 10.2. The Labute approximate surface area is 128 Å². The van der Waals surface area contributed by atoms with E-state index in [1.54, 1.807) is 10.7 Å². The Morgan fingerprint density at radius 3 is 2.48 bits per heavy atom. The van der Waals surface area contributed by atoms with Crippen LogP contribution < -0.4 is 0 Å². The zero-order valence-corrected chi connectivity index (χ0v) is 15.5. The van der Waals surface area contributed by atoms with E-state index in [0.29, 0.717) is 12.2 Å². The van der Waals surface area contributed by atoms with Gasteiger partial charge in [-0.15, -0.1) is 0 Å². The molecule has 0 aliphatic rings. The number of methoxy groups -OCH3 is 1. The van der Waals surface area contributed by atoms with Crippen LogP contribution in [0.5, 0.6) is 0 Å². The van der Waals surface area contributed by atoms with Crippen molar-refractivity contribution >= 4 is 14.3 Å². The fraction of sp³-hybridized carbons (Fsp3) is 0.733. The van der Waals surface area contributed by atoms with Crippen molar-refractivity contribution in [1.82, 2.24) is 9.78 Å². The van der Waals surface area contributed by atoms with Crippen LogP contribution in [0.2, 0.25) is 18.1 Å². The van der Waals surface area contributed by atoms with Crippen molar-refractivity contribution in [2.45, 2.75) is 65.4 Å². The van der Waals surface area contributed by atoms with Crippen molar-refractivity contribution in [2.24, 2.45) is 0 Å². The summed E-state index contributed by atoms with van der Waals surface area (Å²) in [5, 5.41) is 4.52. The van der Waals surface area contributed by atoms with Gasteiger partial charge in [-0.2, -0.15) is 5.10 Å². The Balaban J connectivity index is 2.85. The summed E-state index contributed by atoms with van der Waals surface area (Å²) in [5.41, 5.74) is 1.27. The number of carbonyl (C=O) groups excluding carboxylic acids is 1. The number of hydrogen-bond acceptors (Lipinski definition) is 4. The molecule has 0 N–H and O–H groups in total. The van der Waals surface area contributed by atoms with Crippen LogP contribution in [0.1, 0.15) is 43.9 Å². The molecule has 0 unspecified atom stereocenters. The normalized spacial score (nSPS) is 14.1. The van der Waals surface area contributed by atoms with E-state index in [-0.39, 0.29) is 17.1 Å². The van der Waals surface area contributed by atoms with Crippen LogP contribution >= 0.6 is 0 Å². The highest BCUT2D eigenvalue weighted by molar-refractivity contribution is 6.74. The van der Waals surface area contributed by atoms with Crippen molar-refractivity contribution in [3.63, 3.8) is 0 Å². The molecule has 0 aromatic carbocycles. The molecule has 0 bridgehead atoms. The average molecular weight is 312 g/mol. The van der Waals surface area contributed by atoms with E-state index < -0.39 is 8.32 Å². The van der Waals surface area contributed by atoms with Crippen molar-refractivity contribution < 1.29 is 14.0 Å². The van der Waals surface area contributed by atoms with Gasteiger partial charge in [-0.1, -0.05) is 20.8 Å². The second-order valence-electron chi connectivity index (χ2n) is 7.03. The number of esters is 1. The third-order valence-electron chi connectivity index (χ3n) is 4.03. The largest absolute Gasteiger partial charge is 0.464 e. The van der Waals surface area contributed by atoms with Gasteiger partial charge in [-0.3, -0.25) is 4.68 Å². The van der Waals surface area contributed by atoms with Gasteiger partial charge in [0.15, 0.2) is 8.32 Å². The van der Waals surface area contributed by atoms with E-state index in [1.165, 1.54) is 7.11 Å². The van der Waals surface area contributed by atoms with Crippen LogP contribution in [0.3, 0.4) is 0 Å². The summed E-state index contributed by atoms with van der Waals surface area (Å²) in [4.78, 5) is 11.8. The van der Waals surface area contributed by atoms with Crippen molar-refractivity contribution in [2.75, 3.05) is 7.11 Å². The van der Waals surface area contributed by atoms with E-state index in [2.05, 4.69) is 39.0 Å². The molecule has 0 aliphatic carbocycles. The third kappa shape index (κ3) is 4.41. The Morgan fingerprint density at radius 1 is 1.43 bits per heavy atom. The van der Waals surface area contributed by atoms with Crippen LogP contribution in [0.4, 0.5) is 0 Å². The summed E-state index contributed by atoms with van der Waals surface area (Å²) < 4.78 is 12.8. The fourth-order valence-corrected chi connectivity index (χ4v) is 3.35. The lowest BCUT2D eigenvalue weighted by Crippen LogP contribution is -2.44. The van der Waals surface area contributed by atoms with E-state index in [1.807, 2.05) is 13.8 Å². The maximum atomic E-state index is 11.8. The predicted molar refractivity (Wildman–Crippen MR) is 86.0 cm³/mol. The summed E-state index contributed by atoms with van der Waals surface area (Å²) in [7, 11) is -0.446. The van der Waals surface area contributed by atoms with Gasteiger partial charge in [0, 0.05) is 0 Å². The molecular formula is C15H28N2O3Si. The van der Waals surface area contributed by atoms with Gasteiger partial charge in [-0.25, -0.2) is 4.79 Å². The molecular weight excluding hydrogens is 284 g/mol. The topological polar surface area (TPSA) is 53.3 Å². The Morgan fingerprint density at radius 2 is 2.00 bits per heavy atom. The highest BCUT2D eigenvalue weighted by Gasteiger charge is 2.38. The first-order valence-electron chi connectivity index (χ1n) is 7.28. The lowest BCUT2D eigenvalue weighted by molar-refractivity contribution is 0.0582. The molecule has 1 aromatic heterocycles. The van der Waals surface area contributed by atoms with Crippen molar-refractivity contribution in [1.29, 1.82) is 0 Å². The maximum Gasteiger partial charge on any atom is 0.356 e. The van der Waals surface area contributed by atoms with Crippen molar-refractivity contribution in [3.8, 4) is 0 Å². The highest BCUT2D eigenvalue weighted by Crippen LogP contribution is 2.37. The van der Waals surface area contributed by atoms with Gasteiger partial charge >= 0.3 is 5.97 Å². The van der Waals surface area contributed by atoms with Gasteiger partial charge in [-0.05, 0) is 38.0 Å². The zero-order valence-electron chi connectivity index (χ0n) is 14.5. The summed E-state index contributed by atoms with van der Waals surface area (Å²) in [6.07, 6.45) is -0.00593. The van der Waals surface area contributed by atoms with Gasteiger partial charge < -0.3 is 9.16 Å². The average Bonchev–Trinajstić information content (AvgIpc) is 2.66. The molecule has 0 radical (unpaired) electrons. The molecule has 1 rings (SSSR count). The van der Waals surface area contributed by atoms with Gasteiger partial charge in [0.05, 0.1) is 25.5 Å². The molecule has 0 saturated carbocycles. The summed E-state index contributed by atoms with van der Waals surface area (Å²) in [6, 6.07) is 1.74. The number of nitrogens with zero attached hydrogens (tertiary/aromatic N) is 2. The number of ether oxygens (including phenoxy) is 1. The first-order valence-corrected chi connectivity index (χ1v) is 10.2. The molecule has 0 amide bonds. The minimum absolute atomic E-state index is 0.00593. The summed E-state index contributed by atoms with van der Waals surface area (Å²) in [6.45, 7) is 15.5. The Bertz CT molecular complexity index is 504. The second kappa shape index (κ2) is 6.32. The van der Waals surface area contributed by atoms with Crippen LogP contribution in [0.15, 0.2) is 6.07 Å². The quantitative estimate of drug-likeness (QED) is 0.618. The summed E-state index contributed by atoms with van der Waals surface area (Å²) >= 11 is 0. The Hall–Kier alpha value is -1.14. The Kier molecular flexibility index (Phi) is 5.39. The lowest BCUT2D eigenvalue weighted by Gasteiger charge is -2.38. The standard InChI is InChI=1S/C15H28N2O3Si/c1-11-9-13(14(18)19-6)17(16-11)10-12(2)20-21(7,8)15(3,4)5/h9,12H,10H2,1-8H3/t12-/m0/s1. The smallest absolute Gasteiger partial charge is 0.356 e. The molecule has 0 aliphatic heterocycles. The molecule has 0 fully saturated rings. The van der Waals surface area contributed by atoms with Gasteiger partial charge in [0.25, 0.3) is 0 Å². The molecule has 5 nitrogen and oxygen atoms in total. The second-order valence-corrected chi connectivity index (χ2v) is 11.8. The van der Waals surface area contributed by atoms with E-state index in [9.17, 15) is 4.79 Å². The first kappa shape index (κ1) is 17.9.